The number of amides is 1. The van der Waals surface area contributed by atoms with Gasteiger partial charge in [0.25, 0.3) is 10.0 Å². The summed E-state index contributed by atoms with van der Waals surface area (Å²) in [4.78, 5) is 12.6. The highest BCUT2D eigenvalue weighted by Gasteiger charge is 2.30. The third kappa shape index (κ3) is 6.97. The van der Waals surface area contributed by atoms with Gasteiger partial charge in [-0.3, -0.25) is 9.10 Å². The van der Waals surface area contributed by atoms with Gasteiger partial charge in [-0.25, -0.2) is 8.42 Å². The molecule has 2 aromatic carbocycles. The third-order valence-electron chi connectivity index (χ3n) is 4.56. The van der Waals surface area contributed by atoms with Gasteiger partial charge in [-0.05, 0) is 69.5 Å². The summed E-state index contributed by atoms with van der Waals surface area (Å²) in [6, 6.07) is 12.0. The number of aryl methyl sites for hydroxylation is 2. The van der Waals surface area contributed by atoms with E-state index in [4.69, 9.17) is 9.47 Å². The summed E-state index contributed by atoms with van der Waals surface area (Å²) in [6.45, 7) is 8.16. The first-order chi connectivity index (χ1) is 14.6. The molecule has 0 aliphatic heterocycles. The van der Waals surface area contributed by atoms with Crippen LogP contribution in [0, 0.1) is 13.8 Å². The van der Waals surface area contributed by atoms with Gasteiger partial charge in [0.05, 0.1) is 18.9 Å². The van der Waals surface area contributed by atoms with Crippen molar-refractivity contribution in [1.29, 1.82) is 0 Å². The second-order valence-corrected chi connectivity index (χ2v) is 9.46. The maximum absolute atomic E-state index is 13.6. The topological polar surface area (TPSA) is 84.9 Å². The van der Waals surface area contributed by atoms with E-state index in [0.29, 0.717) is 25.3 Å². The monoisotopic (exact) mass is 448 g/mol. The number of sulfonamides is 1. The highest BCUT2D eigenvalue weighted by atomic mass is 32.2. The summed E-state index contributed by atoms with van der Waals surface area (Å²) in [5.41, 5.74) is 2.08. The number of nitrogens with zero attached hydrogens (tertiary/aromatic N) is 1. The number of carbonyl (C=O) groups is 1. The minimum Gasteiger partial charge on any atom is -0.495 e. The molecule has 0 saturated carbocycles. The van der Waals surface area contributed by atoms with Crippen molar-refractivity contribution in [1.82, 2.24) is 5.32 Å². The Labute approximate surface area is 185 Å². The average molecular weight is 449 g/mol. The van der Waals surface area contributed by atoms with Crippen LogP contribution in [-0.2, 0) is 19.6 Å². The molecule has 0 radical (unpaired) electrons. The zero-order valence-electron chi connectivity index (χ0n) is 18.8. The number of anilines is 1. The lowest BCUT2D eigenvalue weighted by molar-refractivity contribution is -0.119. The Morgan fingerprint density at radius 3 is 2.45 bits per heavy atom. The predicted octanol–water partition coefficient (Wildman–Crippen LogP) is 3.44. The lowest BCUT2D eigenvalue weighted by Gasteiger charge is -2.25. The maximum atomic E-state index is 13.6. The van der Waals surface area contributed by atoms with Crippen molar-refractivity contribution >= 4 is 21.6 Å². The minimum atomic E-state index is -4.05. The van der Waals surface area contributed by atoms with E-state index in [0.717, 1.165) is 15.4 Å². The fraction of sp³-hybridized carbons (Fsp3) is 0.435. The van der Waals surface area contributed by atoms with Gasteiger partial charge in [-0.1, -0.05) is 18.2 Å². The lowest BCUT2D eigenvalue weighted by atomic mass is 10.2. The molecule has 0 fully saturated rings. The summed E-state index contributed by atoms with van der Waals surface area (Å²) in [5.74, 6) is -0.157. The summed E-state index contributed by atoms with van der Waals surface area (Å²) in [7, 11) is -2.63. The van der Waals surface area contributed by atoms with Crippen molar-refractivity contribution in [2.24, 2.45) is 0 Å². The van der Waals surface area contributed by atoms with Crippen molar-refractivity contribution in [3.63, 3.8) is 0 Å². The van der Waals surface area contributed by atoms with Gasteiger partial charge in [-0.2, -0.15) is 0 Å². The molecule has 0 saturated heterocycles. The number of benzene rings is 2. The molecule has 0 aromatic heterocycles. The fourth-order valence-electron chi connectivity index (χ4n) is 3.01. The molecular weight excluding hydrogens is 416 g/mol. The van der Waals surface area contributed by atoms with E-state index in [2.05, 4.69) is 5.32 Å². The van der Waals surface area contributed by atoms with Gasteiger partial charge < -0.3 is 14.8 Å². The first kappa shape index (κ1) is 24.7. The highest BCUT2D eigenvalue weighted by Crippen LogP contribution is 2.31. The van der Waals surface area contributed by atoms with Crippen LogP contribution in [-0.4, -0.2) is 47.2 Å². The van der Waals surface area contributed by atoms with Crippen molar-refractivity contribution in [2.75, 3.05) is 31.1 Å². The number of ether oxygens (including phenoxy) is 2. The molecule has 0 atom stereocenters. The van der Waals surface area contributed by atoms with Gasteiger partial charge in [0.1, 0.15) is 17.2 Å². The zero-order chi connectivity index (χ0) is 23.0. The third-order valence-corrected chi connectivity index (χ3v) is 6.35. The van der Waals surface area contributed by atoms with Crippen LogP contribution in [0.25, 0.3) is 0 Å². The molecule has 0 heterocycles. The van der Waals surface area contributed by atoms with E-state index in [9.17, 15) is 13.2 Å². The van der Waals surface area contributed by atoms with Crippen LogP contribution in [0.5, 0.6) is 5.75 Å². The molecular formula is C23H32N2O5S. The number of methoxy groups -OCH3 is 1. The molecule has 1 amide bonds. The van der Waals surface area contributed by atoms with Gasteiger partial charge in [0, 0.05) is 13.2 Å². The highest BCUT2D eigenvalue weighted by molar-refractivity contribution is 7.93. The van der Waals surface area contributed by atoms with Gasteiger partial charge >= 0.3 is 0 Å². The fourth-order valence-corrected chi connectivity index (χ4v) is 4.66. The van der Waals surface area contributed by atoms with Gasteiger partial charge in [-0.15, -0.1) is 0 Å². The normalized spacial score (nSPS) is 11.4. The maximum Gasteiger partial charge on any atom is 0.268 e. The molecule has 0 aliphatic rings. The van der Waals surface area contributed by atoms with Crippen LogP contribution in [0.3, 0.4) is 0 Å². The largest absolute Gasteiger partial charge is 0.495 e. The summed E-state index contributed by atoms with van der Waals surface area (Å²) in [6.07, 6.45) is 0.772. The molecule has 8 heteroatoms. The number of hydrogen-bond donors (Lipinski definition) is 1. The van der Waals surface area contributed by atoms with Crippen molar-refractivity contribution in [3.8, 4) is 5.75 Å². The van der Waals surface area contributed by atoms with Crippen LogP contribution in [0.1, 0.15) is 31.4 Å². The predicted molar refractivity (Wildman–Crippen MR) is 122 cm³/mol. The van der Waals surface area contributed by atoms with E-state index in [1.54, 1.807) is 43.3 Å². The first-order valence-corrected chi connectivity index (χ1v) is 11.7. The van der Waals surface area contributed by atoms with E-state index in [-0.39, 0.29) is 29.2 Å². The molecule has 2 aromatic rings. The Bertz CT molecular complexity index is 989. The molecule has 170 valence electrons. The summed E-state index contributed by atoms with van der Waals surface area (Å²) >= 11 is 0. The van der Waals surface area contributed by atoms with Gasteiger partial charge in [0.2, 0.25) is 5.91 Å². The van der Waals surface area contributed by atoms with Crippen LogP contribution >= 0.6 is 0 Å². The SMILES string of the molecule is COc1ccc(C)cc1S(=O)(=O)N(CC(=O)NCCCOC(C)C)c1cccc(C)c1. The molecule has 0 bridgehead atoms. The van der Waals surface area contributed by atoms with E-state index in [1.807, 2.05) is 26.8 Å². The standard InChI is InChI=1S/C23H32N2O5S/c1-17(2)30-13-7-12-24-23(26)16-25(20-9-6-8-18(3)14-20)31(27,28)22-15-19(4)10-11-21(22)29-5/h6,8-11,14-15,17H,7,12-13,16H2,1-5H3,(H,24,26). The number of nitrogens with one attached hydrogen (secondary N) is 1. The van der Waals surface area contributed by atoms with Gasteiger partial charge in [0.15, 0.2) is 0 Å². The summed E-state index contributed by atoms with van der Waals surface area (Å²) in [5, 5.41) is 2.78. The minimum absolute atomic E-state index is 0.0228. The van der Waals surface area contributed by atoms with Crippen LogP contribution in [0.4, 0.5) is 5.69 Å². The molecule has 0 spiro atoms. The molecule has 31 heavy (non-hydrogen) atoms. The van der Waals surface area contributed by atoms with E-state index in [1.165, 1.54) is 7.11 Å². The van der Waals surface area contributed by atoms with Crippen molar-refractivity contribution in [2.45, 2.75) is 45.1 Å². The van der Waals surface area contributed by atoms with Crippen LogP contribution in [0.2, 0.25) is 0 Å². The Kier molecular flexibility index (Phi) is 8.88. The molecule has 0 unspecified atom stereocenters. The summed E-state index contributed by atoms with van der Waals surface area (Å²) < 4.78 is 39.1. The smallest absolute Gasteiger partial charge is 0.268 e. The van der Waals surface area contributed by atoms with Crippen molar-refractivity contribution in [3.05, 3.63) is 53.6 Å². The van der Waals surface area contributed by atoms with E-state index < -0.39 is 10.0 Å². The molecule has 1 N–H and O–H groups in total. The van der Waals surface area contributed by atoms with Crippen molar-refractivity contribution < 1.29 is 22.7 Å². The number of hydrogen-bond acceptors (Lipinski definition) is 5. The second-order valence-electron chi connectivity index (χ2n) is 7.63. The van der Waals surface area contributed by atoms with E-state index >= 15 is 0 Å². The van der Waals surface area contributed by atoms with Crippen LogP contribution < -0.4 is 14.4 Å². The Hall–Kier alpha value is -2.58. The molecule has 7 nitrogen and oxygen atoms in total. The number of rotatable bonds is 11. The average Bonchev–Trinajstić information content (AvgIpc) is 2.71. The second kappa shape index (κ2) is 11.2. The molecule has 2 rings (SSSR count). The zero-order valence-corrected chi connectivity index (χ0v) is 19.7. The first-order valence-electron chi connectivity index (χ1n) is 10.3. The lowest BCUT2D eigenvalue weighted by Crippen LogP contribution is -2.41. The Morgan fingerprint density at radius 1 is 1.10 bits per heavy atom. The van der Waals surface area contributed by atoms with Crippen LogP contribution in [0.15, 0.2) is 47.4 Å². The number of carbonyl (C=O) groups excluding carboxylic acids is 1. The molecule has 0 aliphatic carbocycles. The quantitative estimate of drug-likeness (QED) is 0.532. The Morgan fingerprint density at radius 2 is 1.81 bits per heavy atom. The Balaban J connectivity index is 2.30.